The Morgan fingerprint density at radius 3 is 2.75 bits per heavy atom. The van der Waals surface area contributed by atoms with Crippen molar-refractivity contribution in [2.24, 2.45) is 11.3 Å². The average Bonchev–Trinajstić information content (AvgIpc) is 2.90. The number of carboxylic acid groups (broad SMARTS) is 1. The number of nitrogens with two attached hydrogens (primary N) is 1. The molecule has 0 atom stereocenters. The first-order chi connectivity index (χ1) is 13.1. The van der Waals surface area contributed by atoms with Gasteiger partial charge < -0.3 is 10.4 Å². The minimum atomic E-state index is -1.01. The molecule has 0 fully saturated rings. The van der Waals surface area contributed by atoms with Gasteiger partial charge in [-0.05, 0) is 54.0 Å². The summed E-state index contributed by atoms with van der Waals surface area (Å²) in [7, 11) is 1.69. The van der Waals surface area contributed by atoms with E-state index >= 15 is 0 Å². The quantitative estimate of drug-likeness (QED) is 0.497. The Morgan fingerprint density at radius 1 is 1.39 bits per heavy atom. The van der Waals surface area contributed by atoms with Crippen LogP contribution in [0.25, 0.3) is 0 Å². The van der Waals surface area contributed by atoms with Gasteiger partial charge in [0.25, 0.3) is 5.91 Å². The molecular weight excluding hydrogens is 398 g/mol. The molecule has 150 valence electrons. The predicted octanol–water partition coefficient (Wildman–Crippen LogP) is 4.17. The second-order valence-electron chi connectivity index (χ2n) is 8.02. The third-order valence-electron chi connectivity index (χ3n) is 4.95. The van der Waals surface area contributed by atoms with E-state index in [-0.39, 0.29) is 16.9 Å². The zero-order valence-electron chi connectivity index (χ0n) is 16.1. The second kappa shape index (κ2) is 7.83. The van der Waals surface area contributed by atoms with E-state index in [0.717, 1.165) is 23.3 Å². The van der Waals surface area contributed by atoms with E-state index in [2.05, 4.69) is 19.2 Å². The number of carbonyl (C=O) groups is 2. The van der Waals surface area contributed by atoms with Crippen molar-refractivity contribution in [2.75, 3.05) is 12.4 Å². The molecule has 1 amide bonds. The highest BCUT2D eigenvalue weighted by Gasteiger charge is 2.33. The lowest BCUT2D eigenvalue weighted by molar-refractivity contribution is 0.0696. The van der Waals surface area contributed by atoms with Crippen LogP contribution < -0.4 is 11.2 Å². The molecule has 0 spiro atoms. The van der Waals surface area contributed by atoms with Gasteiger partial charge in [0, 0.05) is 29.1 Å². The van der Waals surface area contributed by atoms with Gasteiger partial charge in [0.15, 0.2) is 0 Å². The van der Waals surface area contributed by atoms with E-state index in [1.165, 1.54) is 16.3 Å². The molecule has 28 heavy (non-hydrogen) atoms. The molecule has 0 bridgehead atoms. The molecule has 0 saturated heterocycles. The molecule has 0 radical (unpaired) electrons. The van der Waals surface area contributed by atoms with E-state index in [1.54, 1.807) is 25.2 Å². The third-order valence-corrected chi connectivity index (χ3v) is 6.39. The largest absolute Gasteiger partial charge is 0.478 e. The second-order valence-corrected chi connectivity index (χ2v) is 9.57. The van der Waals surface area contributed by atoms with Gasteiger partial charge >= 0.3 is 5.97 Å². The van der Waals surface area contributed by atoms with Gasteiger partial charge in [-0.15, -0.1) is 11.3 Å². The molecule has 0 unspecified atom stereocenters. The van der Waals surface area contributed by atoms with Gasteiger partial charge in [0.05, 0.1) is 5.56 Å². The standard InChI is InChI=1S/C20H24ClN3O3S/c1-20(2)7-6-15-14(9-20)16(19(26)27)18(28-15)23-17(25)13-5-4-12(21)8-11(13)10-24(3)22/h4-5,8H,6-7,9-10,22H2,1-3H3,(H,23,25)(H,26,27). The molecule has 1 aliphatic carbocycles. The first-order valence-electron chi connectivity index (χ1n) is 9.01. The molecule has 6 nitrogen and oxygen atoms in total. The maximum absolute atomic E-state index is 12.9. The Kier molecular flexibility index (Phi) is 5.82. The van der Waals surface area contributed by atoms with Crippen LogP contribution in [0.2, 0.25) is 5.02 Å². The van der Waals surface area contributed by atoms with Gasteiger partial charge in [-0.25, -0.2) is 9.80 Å². The van der Waals surface area contributed by atoms with Gasteiger partial charge in [0.1, 0.15) is 5.00 Å². The van der Waals surface area contributed by atoms with Crippen LogP contribution in [0.5, 0.6) is 0 Å². The van der Waals surface area contributed by atoms with Crippen LogP contribution >= 0.6 is 22.9 Å². The fourth-order valence-corrected chi connectivity index (χ4v) is 4.99. The number of halogens is 1. The molecular formula is C20H24ClN3O3S. The Labute approximate surface area is 173 Å². The number of nitrogens with one attached hydrogen (secondary N) is 1. The van der Waals surface area contributed by atoms with Crippen LogP contribution in [0, 0.1) is 5.41 Å². The SMILES string of the molecule is CN(N)Cc1cc(Cl)ccc1C(=O)Nc1sc2c(c1C(=O)O)CC(C)(C)CC2. The van der Waals surface area contributed by atoms with Crippen molar-refractivity contribution in [3.05, 3.63) is 50.4 Å². The van der Waals surface area contributed by atoms with E-state index in [1.807, 2.05) is 0 Å². The Balaban J connectivity index is 1.96. The Hall–Kier alpha value is -1.93. The van der Waals surface area contributed by atoms with Crippen molar-refractivity contribution >= 4 is 39.8 Å². The number of amides is 1. The number of hydrazine groups is 1. The van der Waals surface area contributed by atoms with Gasteiger partial charge in [-0.2, -0.15) is 0 Å². The zero-order chi connectivity index (χ0) is 20.6. The van der Waals surface area contributed by atoms with Crippen LogP contribution in [0.1, 0.15) is 57.0 Å². The lowest BCUT2D eigenvalue weighted by atomic mass is 9.76. The fraction of sp³-hybridized carbons (Fsp3) is 0.400. The summed E-state index contributed by atoms with van der Waals surface area (Å²) in [5.74, 6) is 4.36. The fourth-order valence-electron chi connectivity index (χ4n) is 3.59. The molecule has 8 heteroatoms. The molecule has 0 aliphatic heterocycles. The monoisotopic (exact) mass is 421 g/mol. The number of hydrogen-bond acceptors (Lipinski definition) is 5. The van der Waals surface area contributed by atoms with Crippen LogP contribution in [0.4, 0.5) is 5.00 Å². The topological polar surface area (TPSA) is 95.7 Å². The molecule has 3 rings (SSSR count). The number of nitrogens with zero attached hydrogens (tertiary/aromatic N) is 1. The van der Waals surface area contributed by atoms with Crippen LogP contribution in [-0.2, 0) is 19.4 Å². The van der Waals surface area contributed by atoms with Gasteiger partial charge in [-0.3, -0.25) is 10.6 Å². The van der Waals surface area contributed by atoms with Crippen molar-refractivity contribution in [3.8, 4) is 0 Å². The minimum absolute atomic E-state index is 0.0502. The number of carbonyl (C=O) groups excluding carboxylic acids is 1. The van der Waals surface area contributed by atoms with Gasteiger partial charge in [0.2, 0.25) is 0 Å². The van der Waals surface area contributed by atoms with Crippen molar-refractivity contribution in [3.63, 3.8) is 0 Å². The molecule has 4 N–H and O–H groups in total. The summed E-state index contributed by atoms with van der Waals surface area (Å²) in [4.78, 5) is 25.9. The average molecular weight is 422 g/mol. The number of aryl methyl sites for hydroxylation is 1. The molecule has 1 aliphatic rings. The number of hydrogen-bond donors (Lipinski definition) is 3. The number of thiophene rings is 1. The predicted molar refractivity (Wildman–Crippen MR) is 112 cm³/mol. The normalized spacial score (nSPS) is 15.4. The summed E-state index contributed by atoms with van der Waals surface area (Å²) in [5.41, 5.74) is 2.21. The number of carboxylic acids is 1. The van der Waals surface area contributed by atoms with Crippen molar-refractivity contribution in [2.45, 2.75) is 39.7 Å². The highest BCUT2D eigenvalue weighted by atomic mass is 35.5. The zero-order valence-corrected chi connectivity index (χ0v) is 17.7. The Morgan fingerprint density at radius 2 is 2.11 bits per heavy atom. The lowest BCUT2D eigenvalue weighted by Crippen LogP contribution is -2.27. The van der Waals surface area contributed by atoms with Crippen LogP contribution in [0.3, 0.4) is 0 Å². The van der Waals surface area contributed by atoms with E-state index in [4.69, 9.17) is 17.4 Å². The molecule has 1 aromatic carbocycles. The maximum Gasteiger partial charge on any atom is 0.339 e. The molecule has 1 heterocycles. The van der Waals surface area contributed by atoms with Gasteiger partial charge in [-0.1, -0.05) is 25.4 Å². The highest BCUT2D eigenvalue weighted by Crippen LogP contribution is 2.44. The van der Waals surface area contributed by atoms with E-state index in [0.29, 0.717) is 34.1 Å². The summed E-state index contributed by atoms with van der Waals surface area (Å²) in [6, 6.07) is 4.96. The molecule has 0 saturated carbocycles. The summed E-state index contributed by atoms with van der Waals surface area (Å²) >= 11 is 7.42. The lowest BCUT2D eigenvalue weighted by Gasteiger charge is -2.29. The van der Waals surface area contributed by atoms with Crippen LogP contribution in [-0.4, -0.2) is 29.0 Å². The van der Waals surface area contributed by atoms with E-state index < -0.39 is 5.97 Å². The molecule has 2 aromatic rings. The van der Waals surface area contributed by atoms with Crippen LogP contribution in [0.15, 0.2) is 18.2 Å². The van der Waals surface area contributed by atoms with Crippen molar-refractivity contribution < 1.29 is 14.7 Å². The minimum Gasteiger partial charge on any atom is -0.478 e. The van der Waals surface area contributed by atoms with E-state index in [9.17, 15) is 14.7 Å². The Bertz CT molecular complexity index is 937. The number of aromatic carboxylic acids is 1. The maximum atomic E-state index is 12.9. The number of rotatable bonds is 5. The number of fused-ring (bicyclic) bond motifs is 1. The summed E-state index contributed by atoms with van der Waals surface area (Å²) < 4.78 is 0. The number of anilines is 1. The number of benzene rings is 1. The first-order valence-corrected chi connectivity index (χ1v) is 10.2. The van der Waals surface area contributed by atoms with Crippen molar-refractivity contribution in [1.29, 1.82) is 0 Å². The smallest absolute Gasteiger partial charge is 0.339 e. The van der Waals surface area contributed by atoms with Crippen molar-refractivity contribution in [1.82, 2.24) is 5.01 Å². The first kappa shape index (κ1) is 20.8. The molecule has 1 aromatic heterocycles. The summed E-state index contributed by atoms with van der Waals surface area (Å²) in [6.07, 6.45) is 2.52. The third kappa shape index (κ3) is 4.38. The summed E-state index contributed by atoms with van der Waals surface area (Å²) in [6.45, 7) is 4.62. The summed E-state index contributed by atoms with van der Waals surface area (Å²) in [5, 5.41) is 15.0. The highest BCUT2D eigenvalue weighted by molar-refractivity contribution is 7.17.